The van der Waals surface area contributed by atoms with E-state index in [4.69, 9.17) is 0 Å². The fourth-order valence-electron chi connectivity index (χ4n) is 7.85. The van der Waals surface area contributed by atoms with Crippen LogP contribution in [0, 0.1) is 60.7 Å². The van der Waals surface area contributed by atoms with Crippen LogP contribution in [0.25, 0.3) is 0 Å². The fraction of sp³-hybridized carbons (Fsp3) is 0.250. The number of nitro groups is 6. The lowest BCUT2D eigenvalue weighted by atomic mass is 10.2. The lowest BCUT2D eigenvalue weighted by Gasteiger charge is -2.36. The summed E-state index contributed by atoms with van der Waals surface area (Å²) < 4.78 is 0. The maximum Gasteiger partial charge on any atom is 0.294 e. The van der Waals surface area contributed by atoms with Crippen molar-refractivity contribution < 1.29 is 29.5 Å². The van der Waals surface area contributed by atoms with Crippen molar-refractivity contribution >= 4 is 68.2 Å². The standard InChI is InChI=1S/3C16H18N4O4/c3*1-3-17(13-9-5-7-11-15(13)19(21)22)18(4-2)14-10-6-8-12-16(14)20(23)24/h3*5-12H,3-4H2,1-2H3. The molecule has 0 spiro atoms. The zero-order chi connectivity index (χ0) is 53.1. The molecule has 6 aromatic carbocycles. The Morgan fingerprint density at radius 1 is 0.250 bits per heavy atom. The van der Waals surface area contributed by atoms with Crippen molar-refractivity contribution in [2.24, 2.45) is 0 Å². The van der Waals surface area contributed by atoms with Crippen molar-refractivity contribution in [3.05, 3.63) is 206 Å². The summed E-state index contributed by atoms with van der Waals surface area (Å²) in [5.41, 5.74) is 2.09. The Morgan fingerprint density at radius 3 is 0.458 bits per heavy atom. The highest BCUT2D eigenvalue weighted by Gasteiger charge is 2.30. The summed E-state index contributed by atoms with van der Waals surface area (Å²) in [7, 11) is 0. The van der Waals surface area contributed by atoms with Crippen LogP contribution in [0.1, 0.15) is 41.5 Å². The van der Waals surface area contributed by atoms with Crippen molar-refractivity contribution in [1.82, 2.24) is 0 Å². The third-order valence-electron chi connectivity index (χ3n) is 10.8. The van der Waals surface area contributed by atoms with Crippen LogP contribution in [-0.4, -0.2) is 68.8 Å². The molecule has 0 saturated heterocycles. The van der Waals surface area contributed by atoms with Gasteiger partial charge in [0.15, 0.2) is 0 Å². The lowest BCUT2D eigenvalue weighted by Crippen LogP contribution is -2.43. The average Bonchev–Trinajstić information content (AvgIpc) is 3.39. The number of para-hydroxylation sites is 12. The molecule has 24 heteroatoms. The SMILES string of the molecule is CCN(c1ccccc1[N+](=O)[O-])N(CC)c1ccccc1[N+](=O)[O-].CCN(c1ccccc1[N+](=O)[O-])N(CC)c1ccccc1[N+](=O)[O-].CCN(c1ccccc1[N+](=O)[O-])N(CC)c1ccccc1[N+](=O)[O-]. The second-order valence-electron chi connectivity index (χ2n) is 14.8. The van der Waals surface area contributed by atoms with Gasteiger partial charge in [-0.25, -0.2) is 0 Å². The van der Waals surface area contributed by atoms with E-state index in [9.17, 15) is 60.7 Å². The van der Waals surface area contributed by atoms with Gasteiger partial charge < -0.3 is 0 Å². The molecule has 72 heavy (non-hydrogen) atoms. The van der Waals surface area contributed by atoms with Gasteiger partial charge in [-0.3, -0.25) is 90.7 Å². The maximum atomic E-state index is 11.3. The zero-order valence-corrected chi connectivity index (χ0v) is 40.4. The molecule has 0 atom stereocenters. The molecule has 0 bridgehead atoms. The van der Waals surface area contributed by atoms with Crippen LogP contribution in [0.2, 0.25) is 0 Å². The highest BCUT2D eigenvalue weighted by atomic mass is 16.6. The predicted molar refractivity (Wildman–Crippen MR) is 277 cm³/mol. The molecule has 0 fully saturated rings. The van der Waals surface area contributed by atoms with Gasteiger partial charge in [0.05, 0.1) is 29.5 Å². The van der Waals surface area contributed by atoms with Gasteiger partial charge in [-0.15, -0.1) is 0 Å². The number of rotatable bonds is 21. The molecule has 0 aliphatic rings. The Hall–Kier alpha value is -9.48. The van der Waals surface area contributed by atoms with E-state index in [1.807, 2.05) is 41.5 Å². The van der Waals surface area contributed by atoms with E-state index in [-0.39, 0.29) is 34.1 Å². The Morgan fingerprint density at radius 2 is 0.361 bits per heavy atom. The molecule has 0 N–H and O–H groups in total. The summed E-state index contributed by atoms with van der Waals surface area (Å²) in [6, 6.07) is 38.2. The number of benzene rings is 6. The first kappa shape index (κ1) is 55.1. The highest BCUT2D eigenvalue weighted by Crippen LogP contribution is 2.37. The van der Waals surface area contributed by atoms with E-state index in [1.165, 1.54) is 36.4 Å². The summed E-state index contributed by atoms with van der Waals surface area (Å²) in [6.45, 7) is 13.6. The Kier molecular flexibility index (Phi) is 20.2. The number of hydrogen-bond acceptors (Lipinski definition) is 18. The number of nitro benzene ring substituents is 6. The van der Waals surface area contributed by atoms with Gasteiger partial charge in [0, 0.05) is 75.7 Å². The van der Waals surface area contributed by atoms with Crippen LogP contribution in [0.5, 0.6) is 0 Å². The molecule has 0 amide bonds. The monoisotopic (exact) mass is 990 g/mol. The fourth-order valence-corrected chi connectivity index (χ4v) is 7.85. The molecular weight excluding hydrogens is 937 g/mol. The molecule has 0 unspecified atom stereocenters. The Labute approximate surface area is 413 Å². The van der Waals surface area contributed by atoms with Gasteiger partial charge in [-0.1, -0.05) is 72.8 Å². The molecule has 0 saturated carbocycles. The minimum atomic E-state index is -0.453. The third kappa shape index (κ3) is 13.0. The normalized spacial score (nSPS) is 10.2. The molecule has 0 heterocycles. The molecule has 6 aromatic rings. The van der Waals surface area contributed by atoms with Gasteiger partial charge in [0.2, 0.25) is 0 Å². The zero-order valence-electron chi connectivity index (χ0n) is 40.4. The summed E-state index contributed by atoms with van der Waals surface area (Å²) in [4.78, 5) is 65.2. The van der Waals surface area contributed by atoms with Gasteiger partial charge in [0.25, 0.3) is 34.1 Å². The minimum Gasteiger partial charge on any atom is -0.279 e. The van der Waals surface area contributed by atoms with Crippen LogP contribution in [0.15, 0.2) is 146 Å². The van der Waals surface area contributed by atoms with Crippen LogP contribution >= 0.6 is 0 Å². The van der Waals surface area contributed by atoms with Crippen molar-refractivity contribution in [2.75, 3.05) is 69.3 Å². The van der Waals surface area contributed by atoms with Crippen LogP contribution < -0.4 is 30.1 Å². The first-order valence-electron chi connectivity index (χ1n) is 22.6. The van der Waals surface area contributed by atoms with E-state index in [1.54, 1.807) is 139 Å². The van der Waals surface area contributed by atoms with Gasteiger partial charge in [-0.05, 0) is 77.9 Å². The van der Waals surface area contributed by atoms with Gasteiger partial charge >= 0.3 is 0 Å². The number of anilines is 6. The largest absolute Gasteiger partial charge is 0.294 e. The summed E-state index contributed by atoms with van der Waals surface area (Å²) in [5, 5.41) is 78.0. The molecule has 378 valence electrons. The Bertz CT molecular complexity index is 2360. The van der Waals surface area contributed by atoms with E-state index >= 15 is 0 Å². The highest BCUT2D eigenvalue weighted by molar-refractivity contribution is 5.74. The van der Waals surface area contributed by atoms with Crippen molar-refractivity contribution in [3.8, 4) is 0 Å². The van der Waals surface area contributed by atoms with Crippen LogP contribution in [0.4, 0.5) is 68.2 Å². The third-order valence-corrected chi connectivity index (χ3v) is 10.8. The lowest BCUT2D eigenvalue weighted by molar-refractivity contribution is -0.384. The first-order chi connectivity index (χ1) is 34.5. The summed E-state index contributed by atoms with van der Waals surface area (Å²) >= 11 is 0. The minimum absolute atomic E-state index is 0.0450. The second-order valence-corrected chi connectivity index (χ2v) is 14.8. The molecule has 0 aromatic heterocycles. The first-order valence-corrected chi connectivity index (χ1v) is 22.6. The van der Waals surface area contributed by atoms with Gasteiger partial charge in [-0.2, -0.15) is 0 Å². The van der Waals surface area contributed by atoms with E-state index in [0.717, 1.165) is 0 Å². The number of nitrogens with zero attached hydrogens (tertiary/aromatic N) is 12. The molecule has 0 aliphatic heterocycles. The van der Waals surface area contributed by atoms with Crippen LogP contribution in [0.3, 0.4) is 0 Å². The molecular formula is C48H54N12O12. The number of hydrazine groups is 3. The predicted octanol–water partition coefficient (Wildman–Crippen LogP) is 11.3. The smallest absolute Gasteiger partial charge is 0.279 e. The maximum absolute atomic E-state index is 11.3. The van der Waals surface area contributed by atoms with Gasteiger partial charge in [0.1, 0.15) is 34.1 Å². The summed E-state index contributed by atoms with van der Waals surface area (Å²) in [6.07, 6.45) is 0. The molecule has 6 rings (SSSR count). The average molecular weight is 991 g/mol. The van der Waals surface area contributed by atoms with E-state index < -0.39 is 29.5 Å². The molecule has 0 aliphatic carbocycles. The van der Waals surface area contributed by atoms with E-state index in [0.29, 0.717) is 73.4 Å². The molecule has 0 radical (unpaired) electrons. The van der Waals surface area contributed by atoms with Crippen molar-refractivity contribution in [1.29, 1.82) is 0 Å². The summed E-state index contributed by atoms with van der Waals surface area (Å²) in [5.74, 6) is 0. The van der Waals surface area contributed by atoms with Crippen LogP contribution in [-0.2, 0) is 0 Å². The second kappa shape index (κ2) is 26.3. The number of hydrogen-bond donors (Lipinski definition) is 0. The molecule has 24 nitrogen and oxygen atoms in total. The van der Waals surface area contributed by atoms with Crippen molar-refractivity contribution in [2.45, 2.75) is 41.5 Å². The van der Waals surface area contributed by atoms with E-state index in [2.05, 4.69) is 0 Å². The van der Waals surface area contributed by atoms with Crippen molar-refractivity contribution in [3.63, 3.8) is 0 Å². The quantitative estimate of drug-likeness (QED) is 0.0478. The topological polar surface area (TPSA) is 278 Å². The Balaban J connectivity index is 0.000000234.